The van der Waals surface area contributed by atoms with Gasteiger partial charge in [-0.05, 0) is 19.3 Å². The number of piperidine rings is 1. The Morgan fingerprint density at radius 2 is 2.11 bits per heavy atom. The van der Waals surface area contributed by atoms with E-state index in [1.54, 1.807) is 0 Å². The summed E-state index contributed by atoms with van der Waals surface area (Å²) < 4.78 is 5.27. The Bertz CT molecular complexity index is 390. The Labute approximate surface area is 111 Å². The second-order valence-electron chi connectivity index (χ2n) is 4.23. The third-order valence-corrected chi connectivity index (χ3v) is 3.06. The van der Waals surface area contributed by atoms with Crippen molar-refractivity contribution in [1.82, 2.24) is 15.1 Å². The number of alkyl halides is 1. The van der Waals surface area contributed by atoms with Crippen LogP contribution in [-0.2, 0) is 11.2 Å². The molecule has 1 saturated heterocycles. The summed E-state index contributed by atoms with van der Waals surface area (Å²) in [7, 11) is 0. The number of likely N-dealkylation sites (tertiary alicyclic amines) is 1. The van der Waals surface area contributed by atoms with Crippen molar-refractivity contribution in [2.24, 2.45) is 0 Å². The molecule has 1 amide bonds. The number of carbonyl (C=O) groups is 1. The number of nitrogens with zero attached hydrogens (tertiary/aromatic N) is 3. The van der Waals surface area contributed by atoms with Crippen LogP contribution in [0.1, 0.15) is 25.2 Å². The van der Waals surface area contributed by atoms with Gasteiger partial charge < -0.3 is 14.6 Å². The van der Waals surface area contributed by atoms with Gasteiger partial charge in [0.1, 0.15) is 0 Å². The first kappa shape index (κ1) is 13.1. The summed E-state index contributed by atoms with van der Waals surface area (Å²) in [5.41, 5.74) is 0. The van der Waals surface area contributed by atoms with Crippen LogP contribution >= 0.6 is 11.6 Å². The molecule has 0 aromatic carbocycles. The first-order valence-electron chi connectivity index (χ1n) is 6.19. The van der Waals surface area contributed by atoms with Crippen LogP contribution in [0.5, 0.6) is 0 Å². The van der Waals surface area contributed by atoms with Crippen molar-refractivity contribution in [2.45, 2.75) is 25.7 Å². The number of hydrogen-bond acceptors (Lipinski definition) is 5. The number of aromatic nitrogens is 2. The normalized spacial score (nSPS) is 15.7. The highest BCUT2D eigenvalue weighted by atomic mass is 35.5. The van der Waals surface area contributed by atoms with Crippen LogP contribution in [-0.4, -0.2) is 46.5 Å². The Morgan fingerprint density at radius 1 is 1.33 bits per heavy atom. The van der Waals surface area contributed by atoms with E-state index in [0.717, 1.165) is 25.9 Å². The van der Waals surface area contributed by atoms with Crippen LogP contribution in [0.3, 0.4) is 0 Å². The molecular formula is C11H17ClN4O2. The zero-order valence-corrected chi connectivity index (χ0v) is 10.9. The fraction of sp³-hybridized carbons (Fsp3) is 0.727. The van der Waals surface area contributed by atoms with Gasteiger partial charge in [0.15, 0.2) is 0 Å². The molecule has 1 aromatic heterocycles. The third kappa shape index (κ3) is 3.60. The van der Waals surface area contributed by atoms with Crippen molar-refractivity contribution < 1.29 is 9.21 Å². The van der Waals surface area contributed by atoms with E-state index in [4.69, 9.17) is 16.0 Å². The second-order valence-corrected chi connectivity index (χ2v) is 4.61. The van der Waals surface area contributed by atoms with Crippen LogP contribution in [0.25, 0.3) is 0 Å². The summed E-state index contributed by atoms with van der Waals surface area (Å²) in [5, 5.41) is 10.4. The number of carbonyl (C=O) groups excluding carboxylic acids is 1. The highest BCUT2D eigenvalue weighted by Gasteiger charge is 2.16. The lowest BCUT2D eigenvalue weighted by molar-refractivity contribution is -0.130. The summed E-state index contributed by atoms with van der Waals surface area (Å²) in [6.07, 6.45) is 3.93. The van der Waals surface area contributed by atoms with Crippen LogP contribution in [0.4, 0.5) is 6.01 Å². The Morgan fingerprint density at radius 3 is 2.83 bits per heavy atom. The van der Waals surface area contributed by atoms with Crippen molar-refractivity contribution in [2.75, 3.05) is 30.8 Å². The molecular weight excluding hydrogens is 256 g/mol. The molecule has 2 rings (SSSR count). The molecule has 0 spiro atoms. The molecule has 0 atom stereocenters. The van der Waals surface area contributed by atoms with Crippen molar-refractivity contribution >= 4 is 23.5 Å². The summed E-state index contributed by atoms with van der Waals surface area (Å²) in [5.74, 6) is 0.999. The Hall–Kier alpha value is -1.30. The minimum Gasteiger partial charge on any atom is -0.408 e. The van der Waals surface area contributed by atoms with Gasteiger partial charge in [0.25, 0.3) is 0 Å². The first-order valence-corrected chi connectivity index (χ1v) is 6.73. The lowest BCUT2D eigenvalue weighted by Gasteiger charge is -2.26. The Kier molecular flexibility index (Phi) is 4.81. The average molecular weight is 273 g/mol. The van der Waals surface area contributed by atoms with Crippen LogP contribution in [0.15, 0.2) is 4.42 Å². The summed E-state index contributed by atoms with van der Waals surface area (Å²) >= 11 is 5.57. The lowest BCUT2D eigenvalue weighted by atomic mass is 10.1. The zero-order valence-electron chi connectivity index (χ0n) is 10.2. The van der Waals surface area contributed by atoms with Gasteiger partial charge in [0.05, 0.1) is 6.54 Å². The van der Waals surface area contributed by atoms with E-state index in [0.29, 0.717) is 18.2 Å². The van der Waals surface area contributed by atoms with Gasteiger partial charge >= 0.3 is 6.01 Å². The minimum absolute atomic E-state index is 0.0757. The number of rotatable bonds is 5. The van der Waals surface area contributed by atoms with E-state index in [1.807, 2.05) is 4.90 Å². The fourth-order valence-electron chi connectivity index (χ4n) is 1.91. The maximum absolute atomic E-state index is 11.9. The molecule has 6 nitrogen and oxygen atoms in total. The predicted molar refractivity (Wildman–Crippen MR) is 67.6 cm³/mol. The second kappa shape index (κ2) is 6.58. The molecule has 1 aliphatic heterocycles. The molecule has 18 heavy (non-hydrogen) atoms. The molecule has 1 N–H and O–H groups in total. The van der Waals surface area contributed by atoms with Gasteiger partial charge in [0.2, 0.25) is 11.8 Å². The fourth-order valence-corrected chi connectivity index (χ4v) is 2.07. The monoisotopic (exact) mass is 272 g/mol. The summed E-state index contributed by atoms with van der Waals surface area (Å²) in [6.45, 7) is 1.90. The number of nitrogens with one attached hydrogen (secondary N) is 1. The van der Waals surface area contributed by atoms with Crippen LogP contribution < -0.4 is 5.32 Å². The predicted octanol–water partition coefficient (Wildman–Crippen LogP) is 1.28. The van der Waals surface area contributed by atoms with E-state index >= 15 is 0 Å². The maximum Gasteiger partial charge on any atom is 0.315 e. The maximum atomic E-state index is 11.9. The molecule has 7 heteroatoms. The van der Waals surface area contributed by atoms with Crippen molar-refractivity contribution in [3.05, 3.63) is 5.89 Å². The smallest absolute Gasteiger partial charge is 0.315 e. The SMILES string of the molecule is O=C(CNc1nnc(CCCl)o1)N1CCCCC1. The molecule has 0 aliphatic carbocycles. The number of halogens is 1. The van der Waals surface area contributed by atoms with Gasteiger partial charge in [-0.25, -0.2) is 0 Å². The highest BCUT2D eigenvalue weighted by molar-refractivity contribution is 6.17. The van der Waals surface area contributed by atoms with E-state index in [1.165, 1.54) is 6.42 Å². The zero-order chi connectivity index (χ0) is 12.8. The van der Waals surface area contributed by atoms with Crippen LogP contribution in [0.2, 0.25) is 0 Å². The number of anilines is 1. The van der Waals surface area contributed by atoms with E-state index < -0.39 is 0 Å². The molecule has 1 fully saturated rings. The standard InChI is InChI=1S/C11H17ClN4O2/c12-5-4-9-14-15-11(18-9)13-8-10(17)16-6-2-1-3-7-16/h1-8H2,(H,13,15). The molecule has 0 radical (unpaired) electrons. The van der Waals surface area contributed by atoms with Gasteiger partial charge in [-0.1, -0.05) is 5.10 Å². The average Bonchev–Trinajstić information content (AvgIpc) is 2.85. The summed E-state index contributed by atoms with van der Waals surface area (Å²) in [4.78, 5) is 13.7. The van der Waals surface area contributed by atoms with E-state index in [-0.39, 0.29) is 18.5 Å². The van der Waals surface area contributed by atoms with Gasteiger partial charge in [-0.15, -0.1) is 16.7 Å². The van der Waals surface area contributed by atoms with Gasteiger partial charge in [0, 0.05) is 25.4 Å². The molecule has 0 unspecified atom stereocenters. The highest BCUT2D eigenvalue weighted by Crippen LogP contribution is 2.10. The molecule has 100 valence electrons. The molecule has 1 aromatic rings. The summed E-state index contributed by atoms with van der Waals surface area (Å²) in [6, 6.07) is 0.278. The molecule has 2 heterocycles. The molecule has 0 saturated carbocycles. The van der Waals surface area contributed by atoms with Gasteiger partial charge in [-0.2, -0.15) is 0 Å². The largest absolute Gasteiger partial charge is 0.408 e. The van der Waals surface area contributed by atoms with Gasteiger partial charge in [-0.3, -0.25) is 4.79 Å². The molecule has 0 bridgehead atoms. The van der Waals surface area contributed by atoms with E-state index in [2.05, 4.69) is 15.5 Å². The molecule has 1 aliphatic rings. The number of aryl methyl sites for hydroxylation is 1. The van der Waals surface area contributed by atoms with E-state index in [9.17, 15) is 4.79 Å². The lowest BCUT2D eigenvalue weighted by Crippen LogP contribution is -2.39. The minimum atomic E-state index is 0.0757. The third-order valence-electron chi connectivity index (χ3n) is 2.87. The van der Waals surface area contributed by atoms with Crippen molar-refractivity contribution in [3.63, 3.8) is 0 Å². The van der Waals surface area contributed by atoms with Crippen LogP contribution in [0, 0.1) is 0 Å². The van der Waals surface area contributed by atoms with Crippen molar-refractivity contribution in [1.29, 1.82) is 0 Å². The number of amides is 1. The quantitative estimate of drug-likeness (QED) is 0.818. The first-order chi connectivity index (χ1) is 8.79. The Balaban J connectivity index is 1.77. The number of hydrogen-bond donors (Lipinski definition) is 1. The topological polar surface area (TPSA) is 71.3 Å². The van der Waals surface area contributed by atoms with Crippen molar-refractivity contribution in [3.8, 4) is 0 Å².